The van der Waals surface area contributed by atoms with Crippen LogP contribution in [-0.4, -0.2) is 83.0 Å². The molecule has 42 heavy (non-hydrogen) atoms. The maximum Gasteiger partial charge on any atom is 0.490 e. The monoisotopic (exact) mass is 595 g/mol. The minimum atomic E-state index is -5.08. The average Bonchev–Trinajstić information content (AvgIpc) is 3.67. The van der Waals surface area contributed by atoms with Crippen molar-refractivity contribution < 1.29 is 36.8 Å². The molecule has 1 fully saturated rings. The van der Waals surface area contributed by atoms with Crippen molar-refractivity contribution in [1.82, 2.24) is 39.8 Å². The van der Waals surface area contributed by atoms with Crippen LogP contribution in [0.15, 0.2) is 35.4 Å². The summed E-state index contributed by atoms with van der Waals surface area (Å²) in [6.45, 7) is 6.51. The number of nitrogens with zero attached hydrogens (tertiary/aromatic N) is 8. The summed E-state index contributed by atoms with van der Waals surface area (Å²) < 4.78 is 56.0. The summed E-state index contributed by atoms with van der Waals surface area (Å²) in [6, 6.07) is 1.89. The summed E-state index contributed by atoms with van der Waals surface area (Å²) in [5.74, 6) is -2.28. The van der Waals surface area contributed by atoms with Crippen molar-refractivity contribution in [1.29, 1.82) is 0 Å². The van der Waals surface area contributed by atoms with Gasteiger partial charge in [0.15, 0.2) is 5.82 Å². The maximum absolute atomic E-state index is 15.6. The maximum atomic E-state index is 15.6. The molecule has 0 aliphatic carbocycles. The van der Waals surface area contributed by atoms with Crippen molar-refractivity contribution in [2.75, 3.05) is 24.5 Å². The molecule has 1 amide bonds. The molecule has 1 saturated heterocycles. The normalized spacial score (nSPS) is 15.3. The summed E-state index contributed by atoms with van der Waals surface area (Å²) in [6.07, 6.45) is 2.62. The van der Waals surface area contributed by atoms with E-state index in [2.05, 4.69) is 30.6 Å². The third-order valence-corrected chi connectivity index (χ3v) is 6.41. The molecule has 0 atom stereocenters. The molecule has 1 aliphatic rings. The molecule has 226 valence electrons. The van der Waals surface area contributed by atoms with Gasteiger partial charge in [-0.1, -0.05) is 25.9 Å². The smallest absolute Gasteiger partial charge is 0.475 e. The van der Waals surface area contributed by atoms with E-state index in [1.54, 1.807) is 21.6 Å². The van der Waals surface area contributed by atoms with Gasteiger partial charge < -0.3 is 19.8 Å². The van der Waals surface area contributed by atoms with Gasteiger partial charge in [0.1, 0.15) is 11.2 Å². The first kappa shape index (κ1) is 30.4. The molecule has 17 heteroatoms. The molecule has 0 bridgehead atoms. The Labute approximate surface area is 236 Å². The number of alkyl halides is 4. The lowest BCUT2D eigenvalue weighted by Crippen LogP contribution is -2.48. The summed E-state index contributed by atoms with van der Waals surface area (Å²) in [5.41, 5.74) is 0.553. The number of carbonyl (C=O) groups is 2. The molecule has 0 spiro atoms. The zero-order valence-corrected chi connectivity index (χ0v) is 23.2. The van der Waals surface area contributed by atoms with Crippen LogP contribution in [0.5, 0.6) is 0 Å². The van der Waals surface area contributed by atoms with Gasteiger partial charge in [0.25, 0.3) is 11.7 Å². The largest absolute Gasteiger partial charge is 0.490 e. The number of halogens is 4. The van der Waals surface area contributed by atoms with E-state index in [0.717, 1.165) is 22.6 Å². The Hall–Kier alpha value is -4.57. The fourth-order valence-corrected chi connectivity index (χ4v) is 4.07. The molecular weight excluding hydrogens is 566 g/mol. The van der Waals surface area contributed by atoms with Crippen molar-refractivity contribution in [2.45, 2.75) is 50.9 Å². The zero-order valence-electron chi connectivity index (χ0n) is 23.2. The third-order valence-electron chi connectivity index (χ3n) is 6.41. The van der Waals surface area contributed by atoms with Gasteiger partial charge in [-0.15, -0.1) is 0 Å². The molecule has 0 aromatic carbocycles. The molecule has 5 rings (SSSR count). The Morgan fingerprint density at radius 2 is 1.79 bits per heavy atom. The highest BCUT2D eigenvalue weighted by Gasteiger charge is 2.38. The number of aryl methyl sites for hydroxylation is 1. The number of fused-ring (bicyclic) bond motifs is 1. The minimum Gasteiger partial charge on any atom is -0.475 e. The van der Waals surface area contributed by atoms with Gasteiger partial charge in [0.2, 0.25) is 5.89 Å². The van der Waals surface area contributed by atoms with Gasteiger partial charge in [-0.25, -0.2) is 18.7 Å². The number of amides is 1. The van der Waals surface area contributed by atoms with Crippen molar-refractivity contribution in [3.05, 3.63) is 42.6 Å². The van der Waals surface area contributed by atoms with Crippen LogP contribution >= 0.6 is 0 Å². The highest BCUT2D eigenvalue weighted by molar-refractivity contribution is 5.90. The van der Waals surface area contributed by atoms with E-state index < -0.39 is 23.7 Å². The molecule has 2 N–H and O–H groups in total. The van der Waals surface area contributed by atoms with E-state index in [4.69, 9.17) is 19.4 Å². The number of aliphatic carboxylic acids is 1. The molecule has 1 aliphatic heterocycles. The Bertz CT molecular complexity index is 1560. The number of piperidine rings is 1. The third kappa shape index (κ3) is 7.01. The Balaban J connectivity index is 0.000000517. The zero-order chi connectivity index (χ0) is 30.9. The minimum absolute atomic E-state index is 0.0875. The van der Waals surface area contributed by atoms with E-state index in [1.165, 1.54) is 0 Å². The molecule has 4 aromatic heterocycles. The van der Waals surface area contributed by atoms with Gasteiger partial charge in [-0.3, -0.25) is 9.48 Å². The fourth-order valence-electron chi connectivity index (χ4n) is 4.07. The van der Waals surface area contributed by atoms with Crippen molar-refractivity contribution in [3.63, 3.8) is 0 Å². The first-order chi connectivity index (χ1) is 19.6. The predicted octanol–water partition coefficient (Wildman–Crippen LogP) is 3.18. The van der Waals surface area contributed by atoms with Crippen LogP contribution in [0.2, 0.25) is 0 Å². The van der Waals surface area contributed by atoms with Crippen molar-refractivity contribution >= 4 is 23.2 Å². The summed E-state index contributed by atoms with van der Waals surface area (Å²) in [4.78, 5) is 32.4. The van der Waals surface area contributed by atoms with Crippen molar-refractivity contribution in [2.24, 2.45) is 7.05 Å². The number of carboxylic acids is 1. The van der Waals surface area contributed by atoms with Gasteiger partial charge in [-0.2, -0.15) is 28.4 Å². The molecular formula is C25H29F4N9O4. The molecule has 0 unspecified atom stereocenters. The second-order valence-electron chi connectivity index (χ2n) is 10.8. The molecule has 13 nitrogen and oxygen atoms in total. The molecule has 0 saturated carbocycles. The summed E-state index contributed by atoms with van der Waals surface area (Å²) in [7, 11) is 1.85. The van der Waals surface area contributed by atoms with E-state index in [0.29, 0.717) is 19.0 Å². The van der Waals surface area contributed by atoms with Crippen LogP contribution in [0.4, 0.5) is 23.4 Å². The standard InChI is InChI=1S/C23H28FN9O2.C2HF3O2/c1-22(2,3)21-29-18(30-35-21)20(34)25-14-23(24)6-9-32(10-7-23)19-17-5-8-26-33(17)13-16(28-19)15-11-27-31(4)12-15;3-2(4,5)1(6)7/h5,8,11-13H,6-7,9-10,14H2,1-4H3,(H,25,34);(H,6,7). The van der Waals surface area contributed by atoms with Crippen LogP contribution in [0.1, 0.15) is 50.1 Å². The number of rotatable bonds is 5. The number of carboxylic acid groups (broad SMARTS) is 1. The Morgan fingerprint density at radius 1 is 1.12 bits per heavy atom. The van der Waals surface area contributed by atoms with E-state index in [1.807, 2.05) is 46.3 Å². The van der Waals surface area contributed by atoms with Crippen LogP contribution < -0.4 is 10.2 Å². The molecule has 5 heterocycles. The lowest BCUT2D eigenvalue weighted by molar-refractivity contribution is -0.192. The number of hydrogen-bond acceptors (Lipinski definition) is 9. The summed E-state index contributed by atoms with van der Waals surface area (Å²) >= 11 is 0. The summed E-state index contributed by atoms with van der Waals surface area (Å²) in [5, 5.41) is 22.1. The van der Waals surface area contributed by atoms with Crippen LogP contribution in [0, 0.1) is 0 Å². The quantitative estimate of drug-likeness (QED) is 0.329. The van der Waals surface area contributed by atoms with Crippen LogP contribution in [0.3, 0.4) is 0 Å². The van der Waals surface area contributed by atoms with E-state index in [9.17, 15) is 18.0 Å². The van der Waals surface area contributed by atoms with Gasteiger partial charge >= 0.3 is 12.1 Å². The number of carbonyl (C=O) groups excluding carboxylic acids is 1. The van der Waals surface area contributed by atoms with E-state index in [-0.39, 0.29) is 30.6 Å². The van der Waals surface area contributed by atoms with Gasteiger partial charge in [0.05, 0.1) is 30.8 Å². The molecule has 4 aromatic rings. The molecule has 0 radical (unpaired) electrons. The number of hydrogen-bond donors (Lipinski definition) is 2. The number of anilines is 1. The SMILES string of the molecule is Cn1cc(-c2cn3nccc3c(N3CCC(F)(CNC(=O)c4noc(C(C)(C)C)n4)CC3)n2)cn1.O=C(O)C(F)(F)F. The lowest BCUT2D eigenvalue weighted by Gasteiger charge is -2.37. The highest BCUT2D eigenvalue weighted by atomic mass is 19.4. The van der Waals surface area contributed by atoms with Crippen LogP contribution in [0.25, 0.3) is 16.8 Å². The highest BCUT2D eigenvalue weighted by Crippen LogP contribution is 2.32. The Morgan fingerprint density at radius 3 is 2.33 bits per heavy atom. The lowest BCUT2D eigenvalue weighted by atomic mass is 9.93. The van der Waals surface area contributed by atoms with E-state index >= 15 is 4.39 Å². The second kappa shape index (κ2) is 11.4. The predicted molar refractivity (Wildman–Crippen MR) is 139 cm³/mol. The fraction of sp³-hybridized carbons (Fsp3) is 0.480. The van der Waals surface area contributed by atoms with Crippen molar-refractivity contribution in [3.8, 4) is 11.3 Å². The first-order valence-corrected chi connectivity index (χ1v) is 12.8. The van der Waals surface area contributed by atoms with Gasteiger partial charge in [-0.05, 0) is 6.07 Å². The second-order valence-corrected chi connectivity index (χ2v) is 10.8. The van der Waals surface area contributed by atoms with Gasteiger partial charge in [0, 0.05) is 50.2 Å². The number of nitrogens with one attached hydrogen (secondary N) is 1. The number of aromatic nitrogens is 7. The Kier molecular flexibility index (Phi) is 8.22. The van der Waals surface area contributed by atoms with Crippen LogP contribution in [-0.2, 0) is 17.3 Å². The average molecular weight is 596 g/mol. The first-order valence-electron chi connectivity index (χ1n) is 12.8. The topological polar surface area (TPSA) is 157 Å².